The molecule has 0 bridgehead atoms. The van der Waals surface area contributed by atoms with Gasteiger partial charge in [0.2, 0.25) is 0 Å². The molecule has 2 nitrogen and oxygen atoms in total. The Kier molecular flexibility index (Phi) is 6.66. The van der Waals surface area contributed by atoms with Crippen molar-refractivity contribution in [1.29, 1.82) is 0 Å². The molecule has 0 aromatic heterocycles. The van der Waals surface area contributed by atoms with Gasteiger partial charge in [-0.15, -0.1) is 0 Å². The van der Waals surface area contributed by atoms with E-state index < -0.39 is 0 Å². The van der Waals surface area contributed by atoms with Crippen LogP contribution >= 0.6 is 0 Å². The molecule has 1 aliphatic heterocycles. The summed E-state index contributed by atoms with van der Waals surface area (Å²) < 4.78 is 0. The Labute approximate surface area is 120 Å². The van der Waals surface area contributed by atoms with Gasteiger partial charge in [-0.3, -0.25) is 4.90 Å². The Hall–Kier alpha value is -0.0800. The molecule has 0 spiro atoms. The van der Waals surface area contributed by atoms with Crippen LogP contribution in [0.25, 0.3) is 0 Å². The molecule has 0 aromatic rings. The summed E-state index contributed by atoms with van der Waals surface area (Å²) in [4.78, 5) is 2.83. The van der Waals surface area contributed by atoms with Crippen molar-refractivity contribution in [2.24, 2.45) is 5.92 Å². The lowest BCUT2D eigenvalue weighted by Gasteiger charge is -2.39. The monoisotopic (exact) mass is 266 g/mol. The van der Waals surface area contributed by atoms with Gasteiger partial charge in [-0.25, -0.2) is 0 Å². The first-order valence-corrected chi connectivity index (χ1v) is 8.81. The summed E-state index contributed by atoms with van der Waals surface area (Å²) in [5.41, 5.74) is 0. The van der Waals surface area contributed by atoms with Crippen LogP contribution in [0.3, 0.4) is 0 Å². The molecule has 1 saturated heterocycles. The van der Waals surface area contributed by atoms with Crippen molar-refractivity contribution >= 4 is 0 Å². The van der Waals surface area contributed by atoms with E-state index in [1.807, 2.05) is 0 Å². The Morgan fingerprint density at radius 2 is 1.79 bits per heavy atom. The third kappa shape index (κ3) is 4.46. The molecule has 112 valence electrons. The number of nitrogens with one attached hydrogen (secondary N) is 1. The molecule has 1 aliphatic carbocycles. The van der Waals surface area contributed by atoms with E-state index in [1.165, 1.54) is 77.4 Å². The van der Waals surface area contributed by atoms with Gasteiger partial charge in [0.05, 0.1) is 0 Å². The maximum atomic E-state index is 3.59. The van der Waals surface area contributed by atoms with Crippen LogP contribution in [-0.4, -0.2) is 36.6 Å². The quantitative estimate of drug-likeness (QED) is 0.761. The summed E-state index contributed by atoms with van der Waals surface area (Å²) >= 11 is 0. The van der Waals surface area contributed by atoms with Gasteiger partial charge in [-0.1, -0.05) is 39.5 Å². The predicted octanol–water partition coefficient (Wildman–Crippen LogP) is 3.81. The zero-order valence-electron chi connectivity index (χ0n) is 13.2. The first kappa shape index (κ1) is 15.3. The smallest absolute Gasteiger partial charge is 0.0223 e. The van der Waals surface area contributed by atoms with Crippen LogP contribution in [0.15, 0.2) is 0 Å². The normalized spacial score (nSPS) is 33.3. The minimum absolute atomic E-state index is 0.812. The van der Waals surface area contributed by atoms with Gasteiger partial charge in [-0.05, 0) is 51.1 Å². The van der Waals surface area contributed by atoms with Crippen molar-refractivity contribution in [3.63, 3.8) is 0 Å². The van der Waals surface area contributed by atoms with Crippen LogP contribution in [0.5, 0.6) is 0 Å². The highest BCUT2D eigenvalue weighted by atomic mass is 15.2. The van der Waals surface area contributed by atoms with Gasteiger partial charge in [0, 0.05) is 18.6 Å². The molecule has 0 radical (unpaired) electrons. The Bertz CT molecular complexity index is 235. The third-order valence-corrected chi connectivity index (χ3v) is 5.33. The average molecular weight is 266 g/mol. The van der Waals surface area contributed by atoms with E-state index in [9.17, 15) is 0 Å². The number of rotatable bonds is 5. The highest BCUT2D eigenvalue weighted by Gasteiger charge is 2.28. The lowest BCUT2D eigenvalue weighted by molar-refractivity contribution is 0.107. The second-order valence-corrected chi connectivity index (χ2v) is 6.65. The number of nitrogens with zero attached hydrogens (tertiary/aromatic N) is 1. The zero-order chi connectivity index (χ0) is 13.5. The van der Waals surface area contributed by atoms with E-state index in [2.05, 4.69) is 24.1 Å². The van der Waals surface area contributed by atoms with Gasteiger partial charge in [0.15, 0.2) is 0 Å². The summed E-state index contributed by atoms with van der Waals surface area (Å²) in [5, 5.41) is 3.59. The zero-order valence-corrected chi connectivity index (χ0v) is 13.2. The standard InChI is InChI=1S/C17H34N2/c1-3-7-15-8-5-9-16(12-11-15)19(4-2)17-10-6-13-18-14-17/h15-18H,3-14H2,1-2H3. The molecule has 19 heavy (non-hydrogen) atoms. The Balaban J connectivity index is 1.87. The van der Waals surface area contributed by atoms with Crippen LogP contribution in [0.2, 0.25) is 0 Å². The molecule has 2 rings (SSSR count). The summed E-state index contributed by atoms with van der Waals surface area (Å²) in [5.74, 6) is 1.03. The molecule has 2 fully saturated rings. The molecule has 3 unspecified atom stereocenters. The number of hydrogen-bond acceptors (Lipinski definition) is 2. The van der Waals surface area contributed by atoms with E-state index >= 15 is 0 Å². The maximum absolute atomic E-state index is 3.59. The topological polar surface area (TPSA) is 15.3 Å². The fourth-order valence-electron chi connectivity index (χ4n) is 4.32. The SMILES string of the molecule is CCCC1CCCC(N(CC)C2CCCNC2)CC1. The van der Waals surface area contributed by atoms with E-state index in [4.69, 9.17) is 0 Å². The second kappa shape index (κ2) is 8.26. The predicted molar refractivity (Wildman–Crippen MR) is 83.5 cm³/mol. The minimum atomic E-state index is 0.812. The third-order valence-electron chi connectivity index (χ3n) is 5.33. The van der Waals surface area contributed by atoms with Crippen LogP contribution in [0.1, 0.15) is 71.6 Å². The van der Waals surface area contributed by atoms with Crippen molar-refractivity contribution in [2.75, 3.05) is 19.6 Å². The molecule has 1 saturated carbocycles. The Morgan fingerprint density at radius 1 is 0.947 bits per heavy atom. The molecular formula is C17H34N2. The van der Waals surface area contributed by atoms with Gasteiger partial charge in [-0.2, -0.15) is 0 Å². The molecule has 3 atom stereocenters. The maximum Gasteiger partial charge on any atom is 0.0223 e. The van der Waals surface area contributed by atoms with E-state index in [0.29, 0.717) is 0 Å². The molecule has 0 amide bonds. The van der Waals surface area contributed by atoms with E-state index in [0.717, 1.165) is 18.0 Å². The largest absolute Gasteiger partial charge is 0.315 e. The van der Waals surface area contributed by atoms with Crippen LogP contribution in [0, 0.1) is 5.92 Å². The Morgan fingerprint density at radius 3 is 2.47 bits per heavy atom. The summed E-state index contributed by atoms with van der Waals surface area (Å²) in [6, 6.07) is 1.68. The summed E-state index contributed by atoms with van der Waals surface area (Å²) in [6.07, 6.45) is 13.0. The van der Waals surface area contributed by atoms with Crippen molar-refractivity contribution in [3.8, 4) is 0 Å². The molecule has 1 heterocycles. The minimum Gasteiger partial charge on any atom is -0.315 e. The lowest BCUT2D eigenvalue weighted by Crippen LogP contribution is -2.50. The van der Waals surface area contributed by atoms with Gasteiger partial charge < -0.3 is 5.32 Å². The van der Waals surface area contributed by atoms with Crippen molar-refractivity contribution in [1.82, 2.24) is 10.2 Å². The highest BCUT2D eigenvalue weighted by molar-refractivity contribution is 4.85. The number of likely N-dealkylation sites (N-methyl/N-ethyl adjacent to an activating group) is 1. The first-order chi connectivity index (χ1) is 9.35. The summed E-state index contributed by atoms with van der Waals surface area (Å²) in [7, 11) is 0. The molecule has 0 aromatic carbocycles. The average Bonchev–Trinajstić information content (AvgIpc) is 2.68. The molecule has 2 aliphatic rings. The van der Waals surface area contributed by atoms with Gasteiger partial charge in [0.25, 0.3) is 0 Å². The van der Waals surface area contributed by atoms with Crippen molar-refractivity contribution in [3.05, 3.63) is 0 Å². The van der Waals surface area contributed by atoms with Gasteiger partial charge >= 0.3 is 0 Å². The van der Waals surface area contributed by atoms with Gasteiger partial charge in [0.1, 0.15) is 0 Å². The van der Waals surface area contributed by atoms with E-state index in [1.54, 1.807) is 0 Å². The lowest BCUT2D eigenvalue weighted by atomic mass is 9.95. The molecular weight excluding hydrogens is 232 g/mol. The second-order valence-electron chi connectivity index (χ2n) is 6.65. The number of piperidine rings is 1. The van der Waals surface area contributed by atoms with Crippen LogP contribution < -0.4 is 5.32 Å². The fraction of sp³-hybridized carbons (Fsp3) is 1.00. The number of hydrogen-bond donors (Lipinski definition) is 1. The van der Waals surface area contributed by atoms with Crippen LogP contribution in [0.4, 0.5) is 0 Å². The molecule has 1 N–H and O–H groups in total. The molecule has 2 heteroatoms. The van der Waals surface area contributed by atoms with E-state index in [-0.39, 0.29) is 0 Å². The van der Waals surface area contributed by atoms with Crippen LogP contribution in [-0.2, 0) is 0 Å². The fourth-order valence-corrected chi connectivity index (χ4v) is 4.32. The first-order valence-electron chi connectivity index (χ1n) is 8.81. The van der Waals surface area contributed by atoms with Crippen molar-refractivity contribution < 1.29 is 0 Å². The highest BCUT2D eigenvalue weighted by Crippen LogP contribution is 2.30. The summed E-state index contributed by atoms with van der Waals surface area (Å²) in [6.45, 7) is 8.41. The van der Waals surface area contributed by atoms with Crippen molar-refractivity contribution in [2.45, 2.75) is 83.7 Å².